The second-order valence-electron chi connectivity index (χ2n) is 3.04. The summed E-state index contributed by atoms with van der Waals surface area (Å²) in [4.78, 5) is 14.1. The van der Waals surface area contributed by atoms with Gasteiger partial charge in [0.05, 0.1) is 0 Å². The highest BCUT2D eigenvalue weighted by atomic mass is 16.1. The fourth-order valence-corrected chi connectivity index (χ4v) is 1.49. The third kappa shape index (κ3) is 1.94. The standard InChI is InChI=1S/C8H12N2O/c1-10-7-4-2-6(3-5-7)8(9)11/h6-7H,2-5H2,(H2,9,11). The molecule has 0 atom stereocenters. The molecular weight excluding hydrogens is 140 g/mol. The highest BCUT2D eigenvalue weighted by molar-refractivity contribution is 5.76. The molecule has 2 N–H and O–H groups in total. The number of carbonyl (C=O) groups is 1. The number of nitrogens with two attached hydrogens (primary N) is 1. The summed E-state index contributed by atoms with van der Waals surface area (Å²) in [6.45, 7) is 6.78. The van der Waals surface area contributed by atoms with Crippen LogP contribution in [0.15, 0.2) is 0 Å². The van der Waals surface area contributed by atoms with Crippen LogP contribution in [0.2, 0.25) is 0 Å². The van der Waals surface area contributed by atoms with E-state index in [1.54, 1.807) is 0 Å². The van der Waals surface area contributed by atoms with E-state index in [-0.39, 0.29) is 17.9 Å². The molecule has 60 valence electrons. The first-order chi connectivity index (χ1) is 5.24. The van der Waals surface area contributed by atoms with Crippen LogP contribution in [0.5, 0.6) is 0 Å². The van der Waals surface area contributed by atoms with Crippen molar-refractivity contribution in [1.29, 1.82) is 0 Å². The summed E-state index contributed by atoms with van der Waals surface area (Å²) in [5.41, 5.74) is 5.14. The zero-order chi connectivity index (χ0) is 8.27. The van der Waals surface area contributed by atoms with E-state index < -0.39 is 0 Å². The minimum Gasteiger partial charge on any atom is -0.369 e. The predicted molar refractivity (Wildman–Crippen MR) is 41.5 cm³/mol. The number of carbonyl (C=O) groups excluding carboxylic acids is 1. The van der Waals surface area contributed by atoms with Gasteiger partial charge in [0.15, 0.2) is 0 Å². The minimum absolute atomic E-state index is 0.0352. The molecule has 0 unspecified atom stereocenters. The fourth-order valence-electron chi connectivity index (χ4n) is 1.49. The summed E-state index contributed by atoms with van der Waals surface area (Å²) in [6, 6.07) is 0.144. The molecule has 0 aromatic rings. The topological polar surface area (TPSA) is 47.5 Å². The molecule has 0 aromatic carbocycles. The van der Waals surface area contributed by atoms with Crippen LogP contribution < -0.4 is 5.73 Å². The summed E-state index contributed by atoms with van der Waals surface area (Å²) < 4.78 is 0. The molecule has 3 nitrogen and oxygen atoms in total. The Kier molecular flexibility index (Phi) is 2.48. The molecule has 11 heavy (non-hydrogen) atoms. The molecule has 0 aromatic heterocycles. The van der Waals surface area contributed by atoms with Crippen LogP contribution in [0.1, 0.15) is 25.7 Å². The molecule has 1 fully saturated rings. The summed E-state index contributed by atoms with van der Waals surface area (Å²) in [7, 11) is 0. The second kappa shape index (κ2) is 3.38. The Morgan fingerprint density at radius 2 is 1.91 bits per heavy atom. The Bertz CT molecular complexity index is 187. The van der Waals surface area contributed by atoms with Gasteiger partial charge in [0.2, 0.25) is 11.9 Å². The highest BCUT2D eigenvalue weighted by Gasteiger charge is 2.27. The van der Waals surface area contributed by atoms with E-state index in [0.717, 1.165) is 25.7 Å². The van der Waals surface area contributed by atoms with Crippen molar-refractivity contribution in [2.24, 2.45) is 11.7 Å². The van der Waals surface area contributed by atoms with Gasteiger partial charge in [-0.05, 0) is 12.8 Å². The van der Waals surface area contributed by atoms with Crippen molar-refractivity contribution in [2.75, 3.05) is 0 Å². The maximum absolute atomic E-state index is 10.7. The van der Waals surface area contributed by atoms with Gasteiger partial charge in [-0.25, -0.2) is 6.57 Å². The first-order valence-electron chi connectivity index (χ1n) is 3.90. The van der Waals surface area contributed by atoms with Gasteiger partial charge in [0.25, 0.3) is 0 Å². The largest absolute Gasteiger partial charge is 0.369 e. The van der Waals surface area contributed by atoms with Gasteiger partial charge >= 0.3 is 0 Å². The van der Waals surface area contributed by atoms with Crippen LogP contribution in [-0.2, 0) is 4.79 Å². The lowest BCUT2D eigenvalue weighted by molar-refractivity contribution is -0.122. The number of hydrogen-bond donors (Lipinski definition) is 1. The van der Waals surface area contributed by atoms with E-state index in [1.807, 2.05) is 0 Å². The molecule has 0 radical (unpaired) electrons. The van der Waals surface area contributed by atoms with Crippen molar-refractivity contribution in [3.05, 3.63) is 11.4 Å². The highest BCUT2D eigenvalue weighted by Crippen LogP contribution is 2.25. The summed E-state index contributed by atoms with van der Waals surface area (Å²) in [6.07, 6.45) is 3.30. The molecule has 1 aliphatic rings. The molecule has 0 saturated heterocycles. The molecule has 0 spiro atoms. The van der Waals surface area contributed by atoms with Crippen molar-refractivity contribution in [3.63, 3.8) is 0 Å². The van der Waals surface area contributed by atoms with Gasteiger partial charge in [-0.2, -0.15) is 0 Å². The lowest BCUT2D eigenvalue weighted by Gasteiger charge is -2.18. The van der Waals surface area contributed by atoms with Crippen LogP contribution >= 0.6 is 0 Å². The molecule has 0 aliphatic heterocycles. The predicted octanol–water partition coefficient (Wildman–Crippen LogP) is 0.950. The van der Waals surface area contributed by atoms with Crippen LogP contribution in [-0.4, -0.2) is 11.9 Å². The van der Waals surface area contributed by atoms with Crippen molar-refractivity contribution in [3.8, 4) is 0 Å². The second-order valence-corrected chi connectivity index (χ2v) is 3.04. The van der Waals surface area contributed by atoms with E-state index >= 15 is 0 Å². The summed E-state index contributed by atoms with van der Waals surface area (Å²) in [5.74, 6) is -0.165. The van der Waals surface area contributed by atoms with Crippen LogP contribution in [0.25, 0.3) is 4.85 Å². The van der Waals surface area contributed by atoms with Gasteiger partial charge in [-0.3, -0.25) is 4.79 Å². The summed E-state index contributed by atoms with van der Waals surface area (Å²) in [5, 5.41) is 0. The SMILES string of the molecule is [C-]#[N+]C1CCC(C(N)=O)CC1. The first kappa shape index (κ1) is 8.06. The number of nitrogens with zero attached hydrogens (tertiary/aromatic N) is 1. The fraction of sp³-hybridized carbons (Fsp3) is 0.750. The quantitative estimate of drug-likeness (QED) is 0.559. The van der Waals surface area contributed by atoms with Gasteiger partial charge in [0, 0.05) is 18.8 Å². The molecule has 0 bridgehead atoms. The van der Waals surface area contributed by atoms with E-state index in [0.29, 0.717) is 0 Å². The Balaban J connectivity index is 2.37. The Morgan fingerprint density at radius 3 is 2.27 bits per heavy atom. The Morgan fingerprint density at radius 1 is 1.36 bits per heavy atom. The van der Waals surface area contributed by atoms with Gasteiger partial charge in [0.1, 0.15) is 0 Å². The monoisotopic (exact) mass is 152 g/mol. The van der Waals surface area contributed by atoms with Crippen molar-refractivity contribution in [2.45, 2.75) is 31.7 Å². The minimum atomic E-state index is -0.201. The van der Waals surface area contributed by atoms with Crippen LogP contribution in [0, 0.1) is 12.5 Å². The number of rotatable bonds is 1. The molecule has 0 heterocycles. The number of primary amides is 1. The average Bonchev–Trinajstić information content (AvgIpc) is 2.05. The van der Waals surface area contributed by atoms with E-state index in [9.17, 15) is 4.79 Å². The third-order valence-corrected chi connectivity index (χ3v) is 2.28. The maximum atomic E-state index is 10.7. The molecule has 3 heteroatoms. The lowest BCUT2D eigenvalue weighted by atomic mass is 9.86. The van der Waals surface area contributed by atoms with Crippen molar-refractivity contribution in [1.82, 2.24) is 0 Å². The normalized spacial score (nSPS) is 30.8. The van der Waals surface area contributed by atoms with Crippen molar-refractivity contribution >= 4 is 5.91 Å². The Labute approximate surface area is 66.4 Å². The lowest BCUT2D eigenvalue weighted by Crippen LogP contribution is -2.28. The molecule has 1 amide bonds. The number of amides is 1. The zero-order valence-electron chi connectivity index (χ0n) is 6.42. The van der Waals surface area contributed by atoms with Crippen LogP contribution in [0.3, 0.4) is 0 Å². The number of hydrogen-bond acceptors (Lipinski definition) is 1. The van der Waals surface area contributed by atoms with E-state index in [1.165, 1.54) is 0 Å². The third-order valence-electron chi connectivity index (χ3n) is 2.28. The summed E-state index contributed by atoms with van der Waals surface area (Å²) >= 11 is 0. The molecular formula is C8H12N2O. The Hall–Kier alpha value is -1.04. The first-order valence-corrected chi connectivity index (χ1v) is 3.90. The van der Waals surface area contributed by atoms with Gasteiger partial charge in [-0.15, -0.1) is 0 Å². The van der Waals surface area contributed by atoms with Gasteiger partial charge < -0.3 is 10.6 Å². The smallest absolute Gasteiger partial charge is 0.223 e. The molecule has 1 saturated carbocycles. The zero-order valence-corrected chi connectivity index (χ0v) is 6.42. The van der Waals surface area contributed by atoms with E-state index in [4.69, 9.17) is 12.3 Å². The average molecular weight is 152 g/mol. The van der Waals surface area contributed by atoms with Crippen molar-refractivity contribution < 1.29 is 4.79 Å². The molecule has 1 aliphatic carbocycles. The van der Waals surface area contributed by atoms with E-state index in [2.05, 4.69) is 4.85 Å². The maximum Gasteiger partial charge on any atom is 0.223 e. The van der Waals surface area contributed by atoms with Gasteiger partial charge in [-0.1, -0.05) is 0 Å². The molecule has 1 rings (SSSR count). The van der Waals surface area contributed by atoms with Crippen LogP contribution in [0.4, 0.5) is 0 Å².